The first-order chi connectivity index (χ1) is 17.5. The fraction of sp³-hybridized carbons (Fsp3) is 0.444. The number of hydrogen-bond donors (Lipinski definition) is 3. The van der Waals surface area contributed by atoms with Crippen molar-refractivity contribution in [1.29, 1.82) is 0 Å². The van der Waals surface area contributed by atoms with E-state index >= 15 is 0 Å². The molecule has 2 aromatic carbocycles. The summed E-state index contributed by atoms with van der Waals surface area (Å²) in [7, 11) is 1.63. The van der Waals surface area contributed by atoms with E-state index in [4.69, 9.17) is 4.74 Å². The third-order valence-electron chi connectivity index (χ3n) is 7.06. The molecule has 0 radical (unpaired) electrons. The molecule has 1 aliphatic heterocycles. The highest BCUT2D eigenvalue weighted by atomic mass is 32.2. The van der Waals surface area contributed by atoms with Gasteiger partial charge < -0.3 is 20.0 Å². The molecule has 0 bridgehead atoms. The van der Waals surface area contributed by atoms with Crippen molar-refractivity contribution in [3.63, 3.8) is 0 Å². The first-order valence-electron chi connectivity index (χ1n) is 12.2. The van der Waals surface area contributed by atoms with Crippen LogP contribution in [0.25, 0.3) is 10.9 Å². The van der Waals surface area contributed by atoms with E-state index in [0.717, 1.165) is 72.9 Å². The van der Waals surface area contributed by atoms with Crippen LogP contribution in [0, 0.1) is 23.5 Å². The van der Waals surface area contributed by atoms with E-state index in [1.165, 1.54) is 23.9 Å². The number of methoxy groups -OCH3 is 1. The van der Waals surface area contributed by atoms with E-state index in [2.05, 4.69) is 15.4 Å². The Morgan fingerprint density at radius 1 is 1.17 bits per heavy atom. The Morgan fingerprint density at radius 2 is 1.97 bits per heavy atom. The van der Waals surface area contributed by atoms with Crippen molar-refractivity contribution in [3.8, 4) is 5.75 Å². The molecule has 1 aliphatic rings. The first kappa shape index (κ1) is 26.8. The normalized spacial score (nSPS) is 19.5. The van der Waals surface area contributed by atoms with E-state index in [-0.39, 0.29) is 18.6 Å². The maximum absolute atomic E-state index is 13.4. The van der Waals surface area contributed by atoms with Gasteiger partial charge in [0.2, 0.25) is 0 Å². The van der Waals surface area contributed by atoms with Crippen molar-refractivity contribution >= 4 is 22.7 Å². The predicted molar refractivity (Wildman–Crippen MR) is 137 cm³/mol. The second kappa shape index (κ2) is 12.8. The number of likely N-dealkylation sites (tertiary alicyclic amines) is 1. The number of aromatic nitrogens is 1. The summed E-state index contributed by atoms with van der Waals surface area (Å²) in [5, 5.41) is 21.0. The summed E-state index contributed by atoms with van der Waals surface area (Å²) < 4.78 is 32.2. The van der Waals surface area contributed by atoms with Gasteiger partial charge in [-0.3, -0.25) is 4.98 Å². The van der Waals surface area contributed by atoms with Gasteiger partial charge in [0, 0.05) is 48.0 Å². The Bertz CT molecular complexity index is 1130. The van der Waals surface area contributed by atoms with Crippen LogP contribution in [-0.2, 0) is 0 Å². The molecule has 4 rings (SSSR count). The summed E-state index contributed by atoms with van der Waals surface area (Å²) in [4.78, 5) is 7.33. The molecule has 3 atom stereocenters. The standard InChI is InChI=1S/C27H33F2N3O3S/c1-35-22-3-5-26-25(15-22)24(6-8-30-26)27(31-34)4-2-18-7-9-32(16-19(18)17-33)10-11-36-23-13-20(28)12-21(29)14-23/h3,5-6,8,12-15,18-19,27,31,33-34H,2,4,7,9-11,16-17H2,1H3/t18-,19-,27+/m1/s1. The molecule has 3 aromatic rings. The van der Waals surface area contributed by atoms with Crippen molar-refractivity contribution in [2.45, 2.75) is 30.2 Å². The number of pyridine rings is 1. The Labute approximate surface area is 214 Å². The number of nitrogens with zero attached hydrogens (tertiary/aromatic N) is 2. The van der Waals surface area contributed by atoms with Crippen LogP contribution in [-0.4, -0.2) is 59.3 Å². The Hall–Kier alpha value is -2.30. The molecule has 6 nitrogen and oxygen atoms in total. The zero-order valence-electron chi connectivity index (χ0n) is 20.4. The fourth-order valence-electron chi connectivity index (χ4n) is 5.10. The molecule has 2 heterocycles. The minimum Gasteiger partial charge on any atom is -0.497 e. The predicted octanol–water partition coefficient (Wildman–Crippen LogP) is 5.04. The van der Waals surface area contributed by atoms with Crippen LogP contribution in [0.15, 0.2) is 53.6 Å². The van der Waals surface area contributed by atoms with Gasteiger partial charge in [0.25, 0.3) is 0 Å². The second-order valence-electron chi connectivity index (χ2n) is 9.29. The Morgan fingerprint density at radius 3 is 2.69 bits per heavy atom. The molecular weight excluding hydrogens is 484 g/mol. The Balaban J connectivity index is 1.32. The van der Waals surface area contributed by atoms with Crippen LogP contribution in [0.2, 0.25) is 0 Å². The van der Waals surface area contributed by atoms with Crippen molar-refractivity contribution in [1.82, 2.24) is 15.4 Å². The third kappa shape index (κ3) is 6.72. The number of hydrogen-bond acceptors (Lipinski definition) is 7. The number of rotatable bonds is 11. The quantitative estimate of drug-likeness (QED) is 0.243. The second-order valence-corrected chi connectivity index (χ2v) is 10.5. The minimum atomic E-state index is -0.562. The molecule has 0 saturated carbocycles. The van der Waals surface area contributed by atoms with Gasteiger partial charge in [0.05, 0.1) is 18.7 Å². The van der Waals surface area contributed by atoms with Crippen molar-refractivity contribution < 1.29 is 23.8 Å². The molecule has 36 heavy (non-hydrogen) atoms. The highest BCUT2D eigenvalue weighted by Crippen LogP contribution is 2.33. The Kier molecular flexibility index (Phi) is 9.50. The SMILES string of the molecule is COc1ccc2nccc([C@H](CC[C@@H]3CCN(CCSc4cc(F)cc(F)c4)C[C@@H]3CO)NO)c2c1. The van der Waals surface area contributed by atoms with Crippen molar-refractivity contribution in [2.24, 2.45) is 11.8 Å². The van der Waals surface area contributed by atoms with Gasteiger partial charge in [-0.15, -0.1) is 11.8 Å². The average molecular weight is 518 g/mol. The van der Waals surface area contributed by atoms with Gasteiger partial charge in [0.15, 0.2) is 0 Å². The number of hydroxylamine groups is 1. The number of aliphatic hydroxyl groups excluding tert-OH is 1. The lowest BCUT2D eigenvalue weighted by Crippen LogP contribution is -2.43. The smallest absolute Gasteiger partial charge is 0.127 e. The average Bonchev–Trinajstić information content (AvgIpc) is 2.88. The zero-order chi connectivity index (χ0) is 25.5. The molecule has 0 amide bonds. The topological polar surface area (TPSA) is 77.9 Å². The van der Waals surface area contributed by atoms with Crippen LogP contribution in [0.4, 0.5) is 8.78 Å². The highest BCUT2D eigenvalue weighted by molar-refractivity contribution is 7.99. The lowest BCUT2D eigenvalue weighted by Gasteiger charge is -2.38. The summed E-state index contributed by atoms with van der Waals surface area (Å²) >= 11 is 1.44. The third-order valence-corrected chi connectivity index (χ3v) is 8.02. The monoisotopic (exact) mass is 517 g/mol. The number of halogens is 2. The van der Waals surface area contributed by atoms with E-state index in [0.29, 0.717) is 10.8 Å². The molecule has 0 unspecified atom stereocenters. The van der Waals surface area contributed by atoms with Gasteiger partial charge in [-0.25, -0.2) is 8.78 Å². The molecule has 1 saturated heterocycles. The summed E-state index contributed by atoms with van der Waals surface area (Å²) in [5.74, 6) is 0.822. The number of piperidine rings is 1. The van der Waals surface area contributed by atoms with Gasteiger partial charge in [-0.1, -0.05) is 0 Å². The summed E-state index contributed by atoms with van der Waals surface area (Å²) in [5.41, 5.74) is 4.29. The number of thioether (sulfide) groups is 1. The molecule has 194 valence electrons. The molecule has 1 fully saturated rings. The summed E-state index contributed by atoms with van der Waals surface area (Å²) in [6.07, 6.45) is 4.28. The van der Waals surface area contributed by atoms with Gasteiger partial charge in [0.1, 0.15) is 17.4 Å². The highest BCUT2D eigenvalue weighted by Gasteiger charge is 2.29. The molecule has 1 aromatic heterocycles. The number of nitrogens with one attached hydrogen (secondary N) is 1. The number of ether oxygens (including phenoxy) is 1. The van der Waals surface area contributed by atoms with Crippen LogP contribution < -0.4 is 10.2 Å². The molecule has 3 N–H and O–H groups in total. The van der Waals surface area contributed by atoms with Crippen LogP contribution in [0.5, 0.6) is 5.75 Å². The lowest BCUT2D eigenvalue weighted by molar-refractivity contribution is 0.0626. The van der Waals surface area contributed by atoms with Gasteiger partial charge >= 0.3 is 0 Å². The number of fused-ring (bicyclic) bond motifs is 1. The molecule has 9 heteroatoms. The van der Waals surface area contributed by atoms with E-state index < -0.39 is 11.6 Å². The largest absolute Gasteiger partial charge is 0.497 e. The number of aliphatic hydroxyl groups is 1. The van der Waals surface area contributed by atoms with Crippen LogP contribution in [0.1, 0.15) is 30.9 Å². The fourth-order valence-corrected chi connectivity index (χ4v) is 6.08. The van der Waals surface area contributed by atoms with E-state index in [1.54, 1.807) is 13.3 Å². The zero-order valence-corrected chi connectivity index (χ0v) is 21.2. The number of benzene rings is 2. The van der Waals surface area contributed by atoms with Crippen molar-refractivity contribution in [2.75, 3.05) is 39.1 Å². The molecule has 0 aliphatic carbocycles. The van der Waals surface area contributed by atoms with Gasteiger partial charge in [-0.05, 0) is 79.6 Å². The maximum atomic E-state index is 13.4. The van der Waals surface area contributed by atoms with Gasteiger partial charge in [-0.2, -0.15) is 5.48 Å². The van der Waals surface area contributed by atoms with Crippen molar-refractivity contribution in [3.05, 3.63) is 65.9 Å². The maximum Gasteiger partial charge on any atom is 0.127 e. The summed E-state index contributed by atoms with van der Waals surface area (Å²) in [6.45, 7) is 2.59. The lowest BCUT2D eigenvalue weighted by atomic mass is 9.81. The molecular formula is C27H33F2N3O3S. The summed E-state index contributed by atoms with van der Waals surface area (Å²) in [6, 6.07) is 11.0. The van der Waals surface area contributed by atoms with E-state index in [9.17, 15) is 19.1 Å². The van der Waals surface area contributed by atoms with Crippen LogP contribution >= 0.6 is 11.8 Å². The molecule has 0 spiro atoms. The van der Waals surface area contributed by atoms with E-state index in [1.807, 2.05) is 24.3 Å². The first-order valence-corrected chi connectivity index (χ1v) is 13.2. The minimum absolute atomic E-state index is 0.107. The van der Waals surface area contributed by atoms with Crippen LogP contribution in [0.3, 0.4) is 0 Å².